The number of nitrogens with zero attached hydrogens (tertiary/aromatic N) is 1. The second kappa shape index (κ2) is 12.2. The first kappa shape index (κ1) is 25.2. The number of esters is 1. The van der Waals surface area contributed by atoms with Gasteiger partial charge in [-0.3, -0.25) is 9.78 Å². The van der Waals surface area contributed by atoms with E-state index in [9.17, 15) is 14.7 Å². The summed E-state index contributed by atoms with van der Waals surface area (Å²) >= 11 is 0. The van der Waals surface area contributed by atoms with Crippen LogP contribution in [0, 0.1) is 0 Å². The molecule has 4 rings (SSSR count). The maximum absolute atomic E-state index is 12.8. The summed E-state index contributed by atoms with van der Waals surface area (Å²) in [5.74, 6) is -0.849. The minimum absolute atomic E-state index is 0.0438. The summed E-state index contributed by atoms with van der Waals surface area (Å²) in [5, 5.41) is 12.8. The van der Waals surface area contributed by atoms with Gasteiger partial charge in [0, 0.05) is 32.5 Å². The molecule has 2 N–H and O–H groups in total. The molecule has 2 fully saturated rings. The van der Waals surface area contributed by atoms with Gasteiger partial charge in [0.25, 0.3) is 0 Å². The van der Waals surface area contributed by atoms with Crippen LogP contribution in [0.4, 0.5) is 0 Å². The van der Waals surface area contributed by atoms with Crippen LogP contribution in [-0.2, 0) is 35.1 Å². The molecule has 3 heterocycles. The number of carbonyl (C=O) groups is 2. The highest BCUT2D eigenvalue weighted by Gasteiger charge is 2.53. The standard InChI is InChI=1S/C25H30N2O8/c1-31-15-21(29)27-12-18-10-19-22(33-18)24(32-14-16-6-3-2-4-7-16)23(20(13-28)34-19)35-25(30)17-8-5-9-26-11-17/h2-9,11,18-20,22-24,28H,10,12-15H2,1H3,(H,27,29)/t18?,19-,20-,22+,23-,24-/m1/s1. The van der Waals surface area contributed by atoms with E-state index in [2.05, 4.69) is 10.3 Å². The summed E-state index contributed by atoms with van der Waals surface area (Å²) in [4.78, 5) is 28.6. The van der Waals surface area contributed by atoms with Crippen molar-refractivity contribution in [1.29, 1.82) is 0 Å². The van der Waals surface area contributed by atoms with Gasteiger partial charge in [-0.25, -0.2) is 4.79 Å². The molecule has 0 aliphatic carbocycles. The largest absolute Gasteiger partial charge is 0.453 e. The number of pyridine rings is 1. The smallest absolute Gasteiger partial charge is 0.340 e. The molecule has 0 bridgehead atoms. The zero-order valence-electron chi connectivity index (χ0n) is 19.4. The van der Waals surface area contributed by atoms with Crippen LogP contribution in [0.3, 0.4) is 0 Å². The molecule has 10 nitrogen and oxygen atoms in total. The number of hydrogen-bond acceptors (Lipinski definition) is 9. The van der Waals surface area contributed by atoms with Crippen LogP contribution in [0.15, 0.2) is 54.9 Å². The predicted octanol–water partition coefficient (Wildman–Crippen LogP) is 0.872. The fraction of sp³-hybridized carbons (Fsp3) is 0.480. The molecule has 1 amide bonds. The Labute approximate surface area is 203 Å². The van der Waals surface area contributed by atoms with Gasteiger partial charge in [-0.15, -0.1) is 0 Å². The number of methoxy groups -OCH3 is 1. The predicted molar refractivity (Wildman–Crippen MR) is 122 cm³/mol. The van der Waals surface area contributed by atoms with Crippen LogP contribution < -0.4 is 5.32 Å². The summed E-state index contributed by atoms with van der Waals surface area (Å²) in [6.07, 6.45) is -0.250. The average molecular weight is 487 g/mol. The number of ether oxygens (including phenoxy) is 5. The van der Waals surface area contributed by atoms with Crippen LogP contribution in [0.2, 0.25) is 0 Å². The van der Waals surface area contributed by atoms with Gasteiger partial charge in [-0.2, -0.15) is 0 Å². The van der Waals surface area contributed by atoms with Gasteiger partial charge < -0.3 is 34.1 Å². The number of rotatable bonds is 10. The van der Waals surface area contributed by atoms with Crippen molar-refractivity contribution in [3.8, 4) is 0 Å². The van der Waals surface area contributed by atoms with E-state index in [1.54, 1.807) is 18.3 Å². The van der Waals surface area contributed by atoms with Crippen LogP contribution >= 0.6 is 0 Å². The second-order valence-corrected chi connectivity index (χ2v) is 8.46. The topological polar surface area (TPSA) is 125 Å². The van der Waals surface area contributed by atoms with Crippen molar-refractivity contribution < 1.29 is 38.4 Å². The molecule has 0 radical (unpaired) electrons. The van der Waals surface area contributed by atoms with Crippen molar-refractivity contribution in [3.63, 3.8) is 0 Å². The quantitative estimate of drug-likeness (QED) is 0.471. The maximum Gasteiger partial charge on any atom is 0.340 e. The molecule has 1 aromatic carbocycles. The third-order valence-electron chi connectivity index (χ3n) is 5.98. The van der Waals surface area contributed by atoms with Crippen molar-refractivity contribution >= 4 is 11.9 Å². The van der Waals surface area contributed by atoms with E-state index in [0.29, 0.717) is 6.42 Å². The first-order valence-corrected chi connectivity index (χ1v) is 11.5. The van der Waals surface area contributed by atoms with E-state index < -0.39 is 36.5 Å². The zero-order valence-corrected chi connectivity index (χ0v) is 19.4. The van der Waals surface area contributed by atoms with Gasteiger partial charge in [0.2, 0.25) is 5.91 Å². The minimum Gasteiger partial charge on any atom is -0.453 e. The summed E-state index contributed by atoms with van der Waals surface area (Å²) in [6, 6.07) is 12.8. The molecule has 6 atom stereocenters. The van der Waals surface area contributed by atoms with Crippen molar-refractivity contribution in [2.24, 2.45) is 0 Å². The number of hydrogen-bond donors (Lipinski definition) is 2. The number of aromatic nitrogens is 1. The van der Waals surface area contributed by atoms with Crippen molar-refractivity contribution in [2.75, 3.05) is 26.9 Å². The second-order valence-electron chi connectivity index (χ2n) is 8.46. The van der Waals surface area contributed by atoms with E-state index in [1.165, 1.54) is 13.3 Å². The molecular weight excluding hydrogens is 456 g/mol. The SMILES string of the molecule is COCC(=O)NCC1C[C@H]2O[C@H](CO)[C@@H](OC(=O)c3cccnc3)[C@H](OCc3ccccc3)[C@H]2O1. The average Bonchev–Trinajstić information content (AvgIpc) is 3.30. The molecule has 2 aromatic rings. The minimum atomic E-state index is -0.917. The number of amides is 1. The first-order valence-electron chi connectivity index (χ1n) is 11.5. The van der Waals surface area contributed by atoms with Gasteiger partial charge in [0.1, 0.15) is 24.9 Å². The molecule has 0 saturated carbocycles. The Morgan fingerprint density at radius 1 is 1.14 bits per heavy atom. The van der Waals surface area contributed by atoms with Crippen molar-refractivity contribution in [2.45, 2.75) is 49.7 Å². The third-order valence-corrected chi connectivity index (χ3v) is 5.98. The summed E-state index contributed by atoms with van der Waals surface area (Å²) < 4.78 is 29.2. The number of carbonyl (C=O) groups excluding carboxylic acids is 2. The normalized spacial score (nSPS) is 27.7. The fourth-order valence-corrected chi connectivity index (χ4v) is 4.34. The lowest BCUT2D eigenvalue weighted by atomic mass is 9.94. The van der Waals surface area contributed by atoms with Crippen LogP contribution in [-0.4, -0.2) is 85.5 Å². The summed E-state index contributed by atoms with van der Waals surface area (Å²) in [6.45, 7) is 0.118. The van der Waals surface area contributed by atoms with Gasteiger partial charge >= 0.3 is 5.97 Å². The highest BCUT2D eigenvalue weighted by molar-refractivity contribution is 5.89. The number of aliphatic hydroxyl groups excluding tert-OH is 1. The Bertz CT molecular complexity index is 960. The fourth-order valence-electron chi connectivity index (χ4n) is 4.34. The Morgan fingerprint density at radius 3 is 2.69 bits per heavy atom. The molecule has 0 spiro atoms. The number of nitrogens with one attached hydrogen (secondary N) is 1. The highest BCUT2D eigenvalue weighted by atomic mass is 16.6. The molecule has 1 unspecified atom stereocenters. The van der Waals surface area contributed by atoms with Crippen LogP contribution in [0.1, 0.15) is 22.3 Å². The van der Waals surface area contributed by atoms with Gasteiger partial charge in [-0.1, -0.05) is 30.3 Å². The summed E-state index contributed by atoms with van der Waals surface area (Å²) in [5.41, 5.74) is 1.22. The molecule has 35 heavy (non-hydrogen) atoms. The Balaban J connectivity index is 1.51. The molecule has 2 aliphatic rings. The Kier molecular flexibility index (Phi) is 8.78. The summed E-state index contributed by atoms with van der Waals surface area (Å²) in [7, 11) is 1.45. The van der Waals surface area contributed by atoms with Gasteiger partial charge in [-0.05, 0) is 17.7 Å². The first-order chi connectivity index (χ1) is 17.1. The van der Waals surface area contributed by atoms with E-state index in [0.717, 1.165) is 5.56 Å². The molecule has 188 valence electrons. The number of aliphatic hydroxyl groups is 1. The number of fused-ring (bicyclic) bond motifs is 1. The lowest BCUT2D eigenvalue weighted by Gasteiger charge is -2.42. The van der Waals surface area contributed by atoms with E-state index in [4.69, 9.17) is 23.7 Å². The number of benzene rings is 1. The Morgan fingerprint density at radius 2 is 1.97 bits per heavy atom. The molecule has 2 aliphatic heterocycles. The monoisotopic (exact) mass is 486 g/mol. The van der Waals surface area contributed by atoms with Gasteiger partial charge in [0.15, 0.2) is 6.10 Å². The van der Waals surface area contributed by atoms with E-state index >= 15 is 0 Å². The molecule has 1 aromatic heterocycles. The van der Waals surface area contributed by atoms with Gasteiger partial charge in [0.05, 0.1) is 31.0 Å². The zero-order chi connectivity index (χ0) is 24.6. The van der Waals surface area contributed by atoms with Crippen molar-refractivity contribution in [3.05, 3.63) is 66.0 Å². The van der Waals surface area contributed by atoms with E-state index in [1.807, 2.05) is 30.3 Å². The molecule has 2 saturated heterocycles. The van der Waals surface area contributed by atoms with Crippen LogP contribution in [0.5, 0.6) is 0 Å². The highest BCUT2D eigenvalue weighted by Crippen LogP contribution is 2.36. The third kappa shape index (κ3) is 6.41. The lowest BCUT2D eigenvalue weighted by molar-refractivity contribution is -0.233. The lowest BCUT2D eigenvalue weighted by Crippen LogP contribution is -2.59. The Hall–Kier alpha value is -2.89. The van der Waals surface area contributed by atoms with Crippen molar-refractivity contribution in [1.82, 2.24) is 10.3 Å². The van der Waals surface area contributed by atoms with Crippen LogP contribution in [0.25, 0.3) is 0 Å². The molecule has 10 heteroatoms. The maximum atomic E-state index is 12.8. The van der Waals surface area contributed by atoms with E-state index in [-0.39, 0.29) is 43.9 Å². The molecular formula is C25H30N2O8.